The van der Waals surface area contributed by atoms with Crippen LogP contribution in [0.25, 0.3) is 6.08 Å². The van der Waals surface area contributed by atoms with Gasteiger partial charge >= 0.3 is 0 Å². The number of hydrazine groups is 1. The van der Waals surface area contributed by atoms with Crippen LogP contribution >= 0.6 is 0 Å². The average Bonchev–Trinajstić information content (AvgIpc) is 2.26. The highest BCUT2D eigenvalue weighted by Crippen LogP contribution is 2.08. The summed E-state index contributed by atoms with van der Waals surface area (Å²) in [4.78, 5) is 14.8. The number of carbonyl (C=O) groups is 1. The first kappa shape index (κ1) is 10.2. The molecule has 1 amide bonds. The third-order valence-electron chi connectivity index (χ3n) is 1.54. The summed E-state index contributed by atoms with van der Waals surface area (Å²) in [6.07, 6.45) is 4.43. The molecule has 0 radical (unpaired) electrons. The van der Waals surface area contributed by atoms with Crippen LogP contribution in [0.15, 0.2) is 24.4 Å². The van der Waals surface area contributed by atoms with Crippen molar-refractivity contribution in [3.63, 3.8) is 0 Å². The summed E-state index contributed by atoms with van der Waals surface area (Å²) in [7, 11) is 1.56. The van der Waals surface area contributed by atoms with E-state index in [1.54, 1.807) is 31.5 Å². The number of nitrogens with two attached hydrogens (primary N) is 1. The van der Waals surface area contributed by atoms with E-state index in [-0.39, 0.29) is 5.91 Å². The van der Waals surface area contributed by atoms with Gasteiger partial charge in [-0.05, 0) is 18.2 Å². The number of aromatic nitrogens is 1. The van der Waals surface area contributed by atoms with Crippen LogP contribution in [0.5, 0.6) is 5.75 Å². The topological polar surface area (TPSA) is 77.2 Å². The molecule has 5 nitrogen and oxygen atoms in total. The van der Waals surface area contributed by atoms with Crippen LogP contribution < -0.4 is 16.0 Å². The Balaban J connectivity index is 2.68. The van der Waals surface area contributed by atoms with Crippen LogP contribution in [-0.2, 0) is 4.79 Å². The van der Waals surface area contributed by atoms with Gasteiger partial charge in [-0.2, -0.15) is 0 Å². The molecule has 3 N–H and O–H groups in total. The summed E-state index contributed by atoms with van der Waals surface area (Å²) >= 11 is 0. The highest BCUT2D eigenvalue weighted by Gasteiger charge is 1.93. The van der Waals surface area contributed by atoms with Crippen molar-refractivity contribution < 1.29 is 9.53 Å². The fourth-order valence-electron chi connectivity index (χ4n) is 0.820. The smallest absolute Gasteiger partial charge is 0.257 e. The maximum atomic E-state index is 10.7. The molecule has 1 aromatic heterocycles. The number of ether oxygens (including phenoxy) is 1. The minimum atomic E-state index is -0.373. The molecule has 0 unspecified atom stereocenters. The van der Waals surface area contributed by atoms with E-state index in [1.165, 1.54) is 6.08 Å². The van der Waals surface area contributed by atoms with Crippen LogP contribution in [0.4, 0.5) is 0 Å². The van der Waals surface area contributed by atoms with Crippen molar-refractivity contribution >= 4 is 12.0 Å². The lowest BCUT2D eigenvalue weighted by Crippen LogP contribution is -2.27. The summed E-state index contributed by atoms with van der Waals surface area (Å²) in [6, 6.07) is 3.49. The Bertz CT molecular complexity index is 332. The van der Waals surface area contributed by atoms with Crippen molar-refractivity contribution in [3.05, 3.63) is 30.1 Å². The number of amides is 1. The number of rotatable bonds is 3. The summed E-state index contributed by atoms with van der Waals surface area (Å²) in [6.45, 7) is 0. The highest BCUT2D eigenvalue weighted by molar-refractivity contribution is 5.90. The molecule has 0 aliphatic rings. The van der Waals surface area contributed by atoms with Crippen molar-refractivity contribution in [2.24, 2.45) is 5.84 Å². The Labute approximate surface area is 81.6 Å². The molecule has 0 spiro atoms. The van der Waals surface area contributed by atoms with Crippen molar-refractivity contribution in [1.29, 1.82) is 0 Å². The Morgan fingerprint density at radius 2 is 2.43 bits per heavy atom. The minimum absolute atomic E-state index is 0.373. The number of pyridine rings is 1. The first-order chi connectivity index (χ1) is 6.76. The van der Waals surface area contributed by atoms with E-state index < -0.39 is 0 Å². The molecule has 14 heavy (non-hydrogen) atoms. The maximum Gasteiger partial charge on any atom is 0.257 e. The van der Waals surface area contributed by atoms with Crippen molar-refractivity contribution in [3.8, 4) is 5.75 Å². The third-order valence-corrected chi connectivity index (χ3v) is 1.54. The highest BCUT2D eigenvalue weighted by atomic mass is 16.5. The first-order valence-corrected chi connectivity index (χ1v) is 3.95. The molecule has 0 aliphatic carbocycles. The lowest BCUT2D eigenvalue weighted by Gasteiger charge is -1.97. The van der Waals surface area contributed by atoms with Gasteiger partial charge < -0.3 is 4.74 Å². The fourth-order valence-corrected chi connectivity index (χ4v) is 0.820. The predicted molar refractivity (Wildman–Crippen MR) is 52.2 cm³/mol. The fraction of sp³-hybridized carbons (Fsp3) is 0.111. The summed E-state index contributed by atoms with van der Waals surface area (Å²) < 4.78 is 4.93. The minimum Gasteiger partial charge on any atom is -0.495 e. The number of methoxy groups -OCH3 is 1. The molecule has 0 aromatic carbocycles. The van der Waals surface area contributed by atoms with Crippen molar-refractivity contribution in [2.75, 3.05) is 7.11 Å². The maximum absolute atomic E-state index is 10.7. The third kappa shape index (κ3) is 2.87. The molecule has 5 heteroatoms. The molecule has 1 aromatic rings. The first-order valence-electron chi connectivity index (χ1n) is 3.95. The van der Waals surface area contributed by atoms with Gasteiger partial charge in [-0.25, -0.2) is 5.84 Å². The molecule has 0 aliphatic heterocycles. The van der Waals surface area contributed by atoms with E-state index in [1.807, 2.05) is 5.43 Å². The second-order valence-corrected chi connectivity index (χ2v) is 2.46. The van der Waals surface area contributed by atoms with Crippen molar-refractivity contribution in [2.45, 2.75) is 0 Å². The van der Waals surface area contributed by atoms with E-state index in [2.05, 4.69) is 4.98 Å². The van der Waals surface area contributed by atoms with Gasteiger partial charge in [-0.3, -0.25) is 15.2 Å². The molecule has 0 bridgehead atoms. The van der Waals surface area contributed by atoms with Gasteiger partial charge in [0.2, 0.25) is 0 Å². The monoisotopic (exact) mass is 193 g/mol. The van der Waals surface area contributed by atoms with Crippen LogP contribution in [0.2, 0.25) is 0 Å². The van der Waals surface area contributed by atoms with E-state index >= 15 is 0 Å². The van der Waals surface area contributed by atoms with Crippen molar-refractivity contribution in [1.82, 2.24) is 10.4 Å². The second kappa shape index (κ2) is 4.98. The largest absolute Gasteiger partial charge is 0.495 e. The Kier molecular flexibility index (Phi) is 3.63. The number of hydrogen-bond acceptors (Lipinski definition) is 4. The zero-order valence-electron chi connectivity index (χ0n) is 7.73. The number of nitrogens with one attached hydrogen (secondary N) is 1. The molecule has 1 rings (SSSR count). The molecule has 0 saturated carbocycles. The van der Waals surface area contributed by atoms with Gasteiger partial charge in [0, 0.05) is 6.08 Å². The lowest BCUT2D eigenvalue weighted by molar-refractivity contribution is -0.116. The van der Waals surface area contributed by atoms with E-state index in [0.29, 0.717) is 11.4 Å². The van der Waals surface area contributed by atoms with Crippen LogP contribution in [0, 0.1) is 0 Å². The molecule has 1 heterocycles. The quantitative estimate of drug-likeness (QED) is 0.309. The number of hydrogen-bond donors (Lipinski definition) is 2. The van der Waals surface area contributed by atoms with Gasteiger partial charge in [-0.15, -0.1) is 0 Å². The number of carbonyl (C=O) groups excluding carboxylic acids is 1. The molecule has 0 saturated heterocycles. The van der Waals surface area contributed by atoms with Gasteiger partial charge in [0.25, 0.3) is 5.91 Å². The van der Waals surface area contributed by atoms with Crippen LogP contribution in [-0.4, -0.2) is 18.0 Å². The molecular formula is C9H11N3O2. The molecular weight excluding hydrogens is 182 g/mol. The van der Waals surface area contributed by atoms with Gasteiger partial charge in [0.1, 0.15) is 5.75 Å². The Hall–Kier alpha value is -1.88. The molecule has 74 valence electrons. The Morgan fingerprint density at radius 1 is 1.64 bits per heavy atom. The van der Waals surface area contributed by atoms with E-state index in [9.17, 15) is 4.79 Å². The van der Waals surface area contributed by atoms with E-state index in [0.717, 1.165) is 0 Å². The van der Waals surface area contributed by atoms with E-state index in [4.69, 9.17) is 10.6 Å². The SMILES string of the molecule is COc1ccc(/C=C/C(=O)NN)nc1. The summed E-state index contributed by atoms with van der Waals surface area (Å²) in [5.41, 5.74) is 2.64. The predicted octanol–water partition coefficient (Wildman–Crippen LogP) is 0.0933. The molecule has 0 atom stereocenters. The zero-order valence-corrected chi connectivity index (χ0v) is 7.73. The number of nitrogens with zero attached hydrogens (tertiary/aromatic N) is 1. The van der Waals surface area contributed by atoms with Gasteiger partial charge in [-0.1, -0.05) is 0 Å². The van der Waals surface area contributed by atoms with Crippen LogP contribution in [0.3, 0.4) is 0 Å². The summed E-state index contributed by atoms with van der Waals surface area (Å²) in [5.74, 6) is 5.19. The average molecular weight is 193 g/mol. The second-order valence-electron chi connectivity index (χ2n) is 2.46. The Morgan fingerprint density at radius 3 is 2.93 bits per heavy atom. The normalized spacial score (nSPS) is 10.1. The molecule has 0 fully saturated rings. The zero-order chi connectivity index (χ0) is 10.4. The van der Waals surface area contributed by atoms with Gasteiger partial charge in [0.15, 0.2) is 0 Å². The summed E-state index contributed by atoms with van der Waals surface area (Å²) in [5, 5.41) is 0. The van der Waals surface area contributed by atoms with Gasteiger partial charge in [0.05, 0.1) is 19.0 Å². The van der Waals surface area contributed by atoms with Crippen LogP contribution in [0.1, 0.15) is 5.69 Å². The lowest BCUT2D eigenvalue weighted by atomic mass is 10.3. The standard InChI is InChI=1S/C9H11N3O2/c1-14-8-4-2-7(11-6-8)3-5-9(13)12-10/h2-6H,10H2,1H3,(H,12,13)/b5-3+.